The Bertz CT molecular complexity index is 1110. The van der Waals surface area contributed by atoms with Crippen molar-refractivity contribution >= 4 is 29.0 Å². The summed E-state index contributed by atoms with van der Waals surface area (Å²) in [5.41, 5.74) is 2.33. The molecule has 4 aromatic rings. The Morgan fingerprint density at radius 3 is 2.57 bits per heavy atom. The molecule has 1 aromatic carbocycles. The molecule has 0 unspecified atom stereocenters. The second-order valence-electron chi connectivity index (χ2n) is 6.71. The fraction of sp³-hybridized carbons (Fsp3) is 0.182. The van der Waals surface area contributed by atoms with Crippen LogP contribution in [0.5, 0.6) is 0 Å². The van der Waals surface area contributed by atoms with E-state index in [1.54, 1.807) is 24.2 Å². The van der Waals surface area contributed by atoms with E-state index in [9.17, 15) is 4.79 Å². The van der Waals surface area contributed by atoms with Gasteiger partial charge in [0.05, 0.1) is 18.0 Å². The molecule has 0 aliphatic rings. The minimum atomic E-state index is -0.0895. The molecule has 3 heterocycles. The third-order valence-corrected chi connectivity index (χ3v) is 6.50. The van der Waals surface area contributed by atoms with Gasteiger partial charge < -0.3 is 9.88 Å². The van der Waals surface area contributed by atoms with Gasteiger partial charge in [0.15, 0.2) is 11.0 Å². The molecule has 6 nitrogen and oxygen atoms in total. The van der Waals surface area contributed by atoms with Gasteiger partial charge in [-0.05, 0) is 42.3 Å². The number of thioether (sulfide) groups is 1. The first kappa shape index (κ1) is 20.3. The van der Waals surface area contributed by atoms with E-state index in [1.165, 1.54) is 16.9 Å². The van der Waals surface area contributed by atoms with Crippen LogP contribution in [-0.4, -0.2) is 25.7 Å². The van der Waals surface area contributed by atoms with E-state index in [0.717, 1.165) is 27.2 Å². The Kier molecular flexibility index (Phi) is 6.56. The van der Waals surface area contributed by atoms with E-state index in [0.29, 0.717) is 18.0 Å². The van der Waals surface area contributed by atoms with Crippen LogP contribution in [0.3, 0.4) is 0 Å². The number of carbonyl (C=O) groups excluding carboxylic acids is 1. The minimum absolute atomic E-state index is 0.0895. The molecule has 4 rings (SSSR count). The topological polar surface area (TPSA) is 72.7 Å². The highest BCUT2D eigenvalue weighted by molar-refractivity contribution is 7.98. The third kappa shape index (κ3) is 5.14. The van der Waals surface area contributed by atoms with Crippen LogP contribution in [0.15, 0.2) is 72.1 Å². The van der Waals surface area contributed by atoms with Crippen molar-refractivity contribution in [1.29, 1.82) is 0 Å². The maximum absolute atomic E-state index is 12.4. The summed E-state index contributed by atoms with van der Waals surface area (Å²) in [6.45, 7) is 2.96. The Morgan fingerprint density at radius 2 is 1.83 bits per heavy atom. The molecule has 8 heteroatoms. The van der Waals surface area contributed by atoms with Crippen LogP contribution in [0, 0.1) is 6.92 Å². The number of nitrogens with one attached hydrogen (secondary N) is 1. The predicted molar refractivity (Wildman–Crippen MR) is 120 cm³/mol. The van der Waals surface area contributed by atoms with Gasteiger partial charge in [-0.25, -0.2) is 0 Å². The minimum Gasteiger partial charge on any atom is -0.344 e. The lowest BCUT2D eigenvalue weighted by atomic mass is 10.2. The van der Waals surface area contributed by atoms with Crippen molar-refractivity contribution in [1.82, 2.24) is 25.1 Å². The van der Waals surface area contributed by atoms with Gasteiger partial charge in [-0.1, -0.05) is 42.1 Å². The van der Waals surface area contributed by atoms with Crippen LogP contribution in [0.4, 0.5) is 0 Å². The quantitative estimate of drug-likeness (QED) is 0.418. The highest BCUT2D eigenvalue weighted by atomic mass is 32.2. The van der Waals surface area contributed by atoms with Gasteiger partial charge >= 0.3 is 0 Å². The zero-order chi connectivity index (χ0) is 20.8. The van der Waals surface area contributed by atoms with Crippen molar-refractivity contribution in [2.45, 2.75) is 30.9 Å². The van der Waals surface area contributed by atoms with Gasteiger partial charge in [0.25, 0.3) is 5.91 Å². The number of nitrogens with zero attached hydrogens (tertiary/aromatic N) is 4. The Hall–Kier alpha value is -2.97. The second kappa shape index (κ2) is 9.69. The van der Waals surface area contributed by atoms with Gasteiger partial charge in [-0.3, -0.25) is 9.78 Å². The number of aryl methyl sites for hydroxylation is 1. The Balaban J connectivity index is 1.51. The third-order valence-electron chi connectivity index (χ3n) is 4.47. The molecule has 0 bridgehead atoms. The Morgan fingerprint density at radius 1 is 1.03 bits per heavy atom. The summed E-state index contributed by atoms with van der Waals surface area (Å²) in [5, 5.41) is 12.6. The zero-order valence-corrected chi connectivity index (χ0v) is 18.1. The van der Waals surface area contributed by atoms with Crippen molar-refractivity contribution in [2.75, 3.05) is 0 Å². The number of amides is 1. The molecular weight excluding hydrogens is 414 g/mol. The number of benzene rings is 1. The maximum Gasteiger partial charge on any atom is 0.261 e. The average molecular weight is 436 g/mol. The molecule has 0 saturated carbocycles. The fourth-order valence-electron chi connectivity index (χ4n) is 2.91. The molecule has 30 heavy (non-hydrogen) atoms. The van der Waals surface area contributed by atoms with Crippen LogP contribution in [0.25, 0.3) is 0 Å². The van der Waals surface area contributed by atoms with E-state index in [4.69, 9.17) is 0 Å². The van der Waals surface area contributed by atoms with E-state index in [2.05, 4.69) is 37.2 Å². The lowest BCUT2D eigenvalue weighted by Crippen LogP contribution is -2.24. The number of aromatic nitrogens is 4. The molecular formula is C22H21N5OS2. The molecule has 0 saturated heterocycles. The first-order valence-corrected chi connectivity index (χ1v) is 11.3. The van der Waals surface area contributed by atoms with Gasteiger partial charge in [0.2, 0.25) is 0 Å². The molecule has 3 aromatic heterocycles. The highest BCUT2D eigenvalue weighted by Crippen LogP contribution is 2.23. The molecule has 152 valence electrons. The van der Waals surface area contributed by atoms with E-state index >= 15 is 0 Å². The molecule has 0 spiro atoms. The van der Waals surface area contributed by atoms with Gasteiger partial charge in [-0.2, -0.15) is 0 Å². The normalized spacial score (nSPS) is 10.8. The van der Waals surface area contributed by atoms with E-state index < -0.39 is 0 Å². The summed E-state index contributed by atoms with van der Waals surface area (Å²) >= 11 is 3.11. The highest BCUT2D eigenvalue weighted by Gasteiger charge is 2.15. The SMILES string of the molecule is Cc1ccc(C(=O)NCc2nnc(SCc3ccncc3)n2Cc2ccccc2)s1. The predicted octanol–water partition coefficient (Wildman–Crippen LogP) is 4.31. The van der Waals surface area contributed by atoms with Crippen molar-refractivity contribution in [3.05, 3.63) is 93.7 Å². The van der Waals surface area contributed by atoms with Crippen LogP contribution in [0.1, 0.15) is 31.5 Å². The molecule has 0 atom stereocenters. The van der Waals surface area contributed by atoms with Crippen molar-refractivity contribution in [2.24, 2.45) is 0 Å². The number of hydrogen-bond donors (Lipinski definition) is 1. The molecule has 0 fully saturated rings. The summed E-state index contributed by atoms with van der Waals surface area (Å²) in [6, 6.07) is 18.0. The summed E-state index contributed by atoms with van der Waals surface area (Å²) in [7, 11) is 0. The first-order valence-electron chi connectivity index (χ1n) is 9.51. The number of hydrogen-bond acceptors (Lipinski definition) is 6. The molecule has 0 aliphatic carbocycles. The molecule has 1 N–H and O–H groups in total. The zero-order valence-electron chi connectivity index (χ0n) is 16.5. The standard InChI is InChI=1S/C22H21N5OS2/c1-16-7-8-19(30-16)21(28)24-13-20-25-26-22(29-15-18-9-11-23-12-10-18)27(20)14-17-5-3-2-4-6-17/h2-12H,13-15H2,1H3,(H,24,28). The monoisotopic (exact) mass is 435 g/mol. The summed E-state index contributed by atoms with van der Waals surface area (Å²) in [5.74, 6) is 1.42. The molecule has 1 amide bonds. The van der Waals surface area contributed by atoms with E-state index in [1.807, 2.05) is 49.4 Å². The maximum atomic E-state index is 12.4. The van der Waals surface area contributed by atoms with Gasteiger partial charge in [0, 0.05) is 23.0 Å². The number of carbonyl (C=O) groups is 1. The number of pyridine rings is 1. The van der Waals surface area contributed by atoms with Crippen molar-refractivity contribution < 1.29 is 4.79 Å². The molecule has 0 aliphatic heterocycles. The second-order valence-corrected chi connectivity index (χ2v) is 8.94. The smallest absolute Gasteiger partial charge is 0.261 e. The Labute approximate surface area is 183 Å². The lowest BCUT2D eigenvalue weighted by Gasteiger charge is -2.11. The van der Waals surface area contributed by atoms with Gasteiger partial charge in [-0.15, -0.1) is 21.5 Å². The summed E-state index contributed by atoms with van der Waals surface area (Å²) in [4.78, 5) is 18.3. The van der Waals surface area contributed by atoms with E-state index in [-0.39, 0.29) is 5.91 Å². The summed E-state index contributed by atoms with van der Waals surface area (Å²) in [6.07, 6.45) is 3.58. The van der Waals surface area contributed by atoms with Crippen LogP contribution in [-0.2, 0) is 18.8 Å². The number of rotatable bonds is 8. The molecule has 0 radical (unpaired) electrons. The average Bonchev–Trinajstić information content (AvgIpc) is 3.38. The van der Waals surface area contributed by atoms with Crippen molar-refractivity contribution in [3.63, 3.8) is 0 Å². The van der Waals surface area contributed by atoms with Crippen LogP contribution >= 0.6 is 23.1 Å². The lowest BCUT2D eigenvalue weighted by molar-refractivity contribution is 0.0953. The number of thiophene rings is 1. The van der Waals surface area contributed by atoms with Crippen LogP contribution in [0.2, 0.25) is 0 Å². The van der Waals surface area contributed by atoms with Crippen LogP contribution < -0.4 is 5.32 Å². The van der Waals surface area contributed by atoms with Gasteiger partial charge in [0.1, 0.15) is 0 Å². The largest absolute Gasteiger partial charge is 0.344 e. The summed E-state index contributed by atoms with van der Waals surface area (Å²) < 4.78 is 2.07. The van der Waals surface area contributed by atoms with Crippen molar-refractivity contribution in [3.8, 4) is 0 Å². The first-order chi connectivity index (χ1) is 14.7. The fourth-order valence-corrected chi connectivity index (χ4v) is 4.61.